The van der Waals surface area contributed by atoms with Crippen molar-refractivity contribution in [1.29, 1.82) is 0 Å². The van der Waals surface area contributed by atoms with Crippen LogP contribution in [0, 0.1) is 0 Å². The minimum absolute atomic E-state index is 0.228. The highest BCUT2D eigenvalue weighted by atomic mass is 35.5. The third-order valence-electron chi connectivity index (χ3n) is 3.81. The van der Waals surface area contributed by atoms with Crippen LogP contribution in [0.2, 0.25) is 5.02 Å². The Labute approximate surface area is 155 Å². The molecule has 26 heavy (non-hydrogen) atoms. The number of anilines is 1. The molecule has 0 aromatic heterocycles. The van der Waals surface area contributed by atoms with Crippen molar-refractivity contribution in [3.8, 4) is 11.1 Å². The smallest absolute Gasteiger partial charge is 0.274 e. The summed E-state index contributed by atoms with van der Waals surface area (Å²) in [6.45, 7) is 0. The van der Waals surface area contributed by atoms with Crippen LogP contribution in [0.4, 0.5) is 5.69 Å². The van der Waals surface area contributed by atoms with Gasteiger partial charge in [0.2, 0.25) is 0 Å². The summed E-state index contributed by atoms with van der Waals surface area (Å²) >= 11 is 5.91. The first-order chi connectivity index (χ1) is 12.6. The number of carbonyl (C=O) groups excluding carboxylic acids is 2. The van der Waals surface area contributed by atoms with Crippen molar-refractivity contribution in [2.24, 2.45) is 0 Å². The Kier molecular flexibility index (Phi) is 5.31. The van der Waals surface area contributed by atoms with E-state index in [1.54, 1.807) is 66.1 Å². The highest BCUT2D eigenvalue weighted by Gasteiger charge is 2.08. The number of nitrogens with one attached hydrogen (secondary N) is 2. The molecule has 3 N–H and O–H groups in total. The Morgan fingerprint density at radius 2 is 1.31 bits per heavy atom. The van der Waals surface area contributed by atoms with Crippen LogP contribution in [0.25, 0.3) is 11.1 Å². The van der Waals surface area contributed by atoms with Crippen LogP contribution in [0.5, 0.6) is 0 Å². The van der Waals surface area contributed by atoms with Crippen LogP contribution in [-0.4, -0.2) is 17.0 Å². The van der Waals surface area contributed by atoms with Crippen LogP contribution in [0.3, 0.4) is 0 Å². The van der Waals surface area contributed by atoms with Gasteiger partial charge in [0.1, 0.15) is 0 Å². The second-order valence-electron chi connectivity index (χ2n) is 5.56. The fourth-order valence-corrected chi connectivity index (χ4v) is 2.65. The normalized spacial score (nSPS) is 10.2. The molecule has 0 saturated heterocycles. The fourth-order valence-electron chi connectivity index (χ4n) is 2.46. The second-order valence-corrected chi connectivity index (χ2v) is 6.00. The number of hydrogen-bond donors (Lipinski definition) is 3. The topological polar surface area (TPSA) is 78.4 Å². The second kappa shape index (κ2) is 7.82. The number of amides is 2. The van der Waals surface area contributed by atoms with E-state index in [9.17, 15) is 9.59 Å². The molecule has 3 aromatic carbocycles. The molecule has 0 radical (unpaired) electrons. The van der Waals surface area contributed by atoms with Crippen LogP contribution >= 0.6 is 11.6 Å². The summed E-state index contributed by atoms with van der Waals surface area (Å²) in [6.07, 6.45) is 0. The first kappa shape index (κ1) is 17.7. The predicted molar refractivity (Wildman–Crippen MR) is 101 cm³/mol. The summed E-state index contributed by atoms with van der Waals surface area (Å²) < 4.78 is 0. The van der Waals surface area contributed by atoms with Gasteiger partial charge in [-0.15, -0.1) is 0 Å². The van der Waals surface area contributed by atoms with Gasteiger partial charge in [0.15, 0.2) is 0 Å². The van der Waals surface area contributed by atoms with Crippen molar-refractivity contribution in [3.05, 3.63) is 88.9 Å². The number of halogens is 1. The zero-order chi connectivity index (χ0) is 18.5. The van der Waals surface area contributed by atoms with Gasteiger partial charge in [-0.25, -0.2) is 5.48 Å². The average Bonchev–Trinajstić information content (AvgIpc) is 2.67. The lowest BCUT2D eigenvalue weighted by Crippen LogP contribution is -2.18. The van der Waals surface area contributed by atoms with Crippen molar-refractivity contribution in [2.75, 3.05) is 5.32 Å². The van der Waals surface area contributed by atoms with Gasteiger partial charge in [-0.1, -0.05) is 41.9 Å². The molecule has 3 rings (SSSR count). The Morgan fingerprint density at radius 1 is 0.769 bits per heavy atom. The largest absolute Gasteiger partial charge is 0.322 e. The molecular formula is C20H15ClN2O3. The van der Waals surface area contributed by atoms with E-state index < -0.39 is 5.91 Å². The van der Waals surface area contributed by atoms with E-state index in [4.69, 9.17) is 16.8 Å². The van der Waals surface area contributed by atoms with Gasteiger partial charge in [0.05, 0.1) is 0 Å². The van der Waals surface area contributed by atoms with E-state index in [1.807, 2.05) is 12.1 Å². The van der Waals surface area contributed by atoms with Gasteiger partial charge in [-0.05, 0) is 53.6 Å². The van der Waals surface area contributed by atoms with Crippen molar-refractivity contribution in [2.45, 2.75) is 0 Å². The van der Waals surface area contributed by atoms with Gasteiger partial charge in [-0.3, -0.25) is 14.8 Å². The molecule has 3 aromatic rings. The minimum Gasteiger partial charge on any atom is -0.322 e. The summed E-state index contributed by atoms with van der Waals surface area (Å²) in [4.78, 5) is 23.6. The summed E-state index contributed by atoms with van der Waals surface area (Å²) in [5.74, 6) is -0.793. The van der Waals surface area contributed by atoms with Gasteiger partial charge in [0, 0.05) is 21.8 Å². The van der Waals surface area contributed by atoms with Crippen molar-refractivity contribution in [3.63, 3.8) is 0 Å². The number of benzene rings is 3. The average molecular weight is 367 g/mol. The molecule has 0 aliphatic carbocycles. The molecule has 0 saturated carbocycles. The lowest BCUT2D eigenvalue weighted by molar-refractivity contribution is 0.0706. The van der Waals surface area contributed by atoms with Gasteiger partial charge >= 0.3 is 0 Å². The van der Waals surface area contributed by atoms with E-state index >= 15 is 0 Å². The fraction of sp³-hybridized carbons (Fsp3) is 0. The third-order valence-corrected chi connectivity index (χ3v) is 4.05. The quantitative estimate of drug-likeness (QED) is 0.473. The van der Waals surface area contributed by atoms with Crippen LogP contribution in [0.15, 0.2) is 72.8 Å². The van der Waals surface area contributed by atoms with E-state index in [1.165, 1.54) is 0 Å². The molecule has 0 heterocycles. The Bertz CT molecular complexity index is 938. The van der Waals surface area contributed by atoms with E-state index in [2.05, 4.69) is 5.32 Å². The van der Waals surface area contributed by atoms with Crippen molar-refractivity contribution < 1.29 is 14.8 Å². The highest BCUT2D eigenvalue weighted by Crippen LogP contribution is 2.21. The van der Waals surface area contributed by atoms with Crippen LogP contribution in [-0.2, 0) is 0 Å². The van der Waals surface area contributed by atoms with Crippen molar-refractivity contribution >= 4 is 29.1 Å². The summed E-state index contributed by atoms with van der Waals surface area (Å²) in [7, 11) is 0. The minimum atomic E-state index is -0.565. The number of rotatable bonds is 4. The molecule has 0 atom stereocenters. The van der Waals surface area contributed by atoms with Gasteiger partial charge < -0.3 is 5.32 Å². The van der Waals surface area contributed by atoms with E-state index in [-0.39, 0.29) is 5.91 Å². The lowest BCUT2D eigenvalue weighted by atomic mass is 10.0. The zero-order valence-corrected chi connectivity index (χ0v) is 14.3. The molecule has 0 spiro atoms. The number of hydrogen-bond acceptors (Lipinski definition) is 3. The summed E-state index contributed by atoms with van der Waals surface area (Å²) in [6, 6.07) is 20.8. The summed E-state index contributed by atoms with van der Waals surface area (Å²) in [5, 5.41) is 12.0. The Balaban J connectivity index is 1.73. The lowest BCUT2D eigenvalue weighted by Gasteiger charge is -2.07. The van der Waals surface area contributed by atoms with Crippen LogP contribution in [0.1, 0.15) is 20.7 Å². The molecule has 0 fully saturated rings. The van der Waals surface area contributed by atoms with Gasteiger partial charge in [-0.2, -0.15) is 0 Å². The molecule has 0 aliphatic rings. The Morgan fingerprint density at radius 3 is 1.81 bits per heavy atom. The maximum atomic E-state index is 12.3. The van der Waals surface area contributed by atoms with Gasteiger partial charge in [0.25, 0.3) is 11.8 Å². The standard InChI is InChI=1S/C20H15ClN2O3/c21-17-2-1-3-18(12-17)22-19(24)15-8-4-13(5-9-15)14-6-10-16(11-7-14)20(25)23-26/h1-12,26H,(H,22,24)(H,23,25). The molecule has 5 nitrogen and oxygen atoms in total. The molecule has 130 valence electrons. The monoisotopic (exact) mass is 366 g/mol. The first-order valence-corrected chi connectivity index (χ1v) is 8.16. The maximum Gasteiger partial charge on any atom is 0.274 e. The maximum absolute atomic E-state index is 12.3. The zero-order valence-electron chi connectivity index (χ0n) is 13.6. The van der Waals surface area contributed by atoms with E-state index in [0.29, 0.717) is 21.8 Å². The Hall–Kier alpha value is -3.15. The molecule has 0 bridgehead atoms. The molecule has 0 unspecified atom stereocenters. The van der Waals surface area contributed by atoms with Crippen molar-refractivity contribution in [1.82, 2.24) is 5.48 Å². The van der Waals surface area contributed by atoms with Crippen LogP contribution < -0.4 is 10.8 Å². The molecule has 6 heteroatoms. The molecule has 2 amide bonds. The van der Waals surface area contributed by atoms with E-state index in [0.717, 1.165) is 11.1 Å². The summed E-state index contributed by atoms with van der Waals surface area (Å²) in [5.41, 5.74) is 4.89. The number of hydroxylamine groups is 1. The third kappa shape index (κ3) is 4.08. The molecule has 0 aliphatic heterocycles. The molecular weight excluding hydrogens is 352 g/mol. The predicted octanol–water partition coefficient (Wildman–Crippen LogP) is 4.38. The SMILES string of the molecule is O=C(NO)c1ccc(-c2ccc(C(=O)Nc3cccc(Cl)c3)cc2)cc1. The number of carbonyl (C=O) groups is 2. The highest BCUT2D eigenvalue weighted by molar-refractivity contribution is 6.31. The first-order valence-electron chi connectivity index (χ1n) is 7.78.